The molecule has 0 heterocycles. The van der Waals surface area contributed by atoms with E-state index >= 15 is 0 Å². The largest absolute Gasteiger partial charge is 0.501 e. The second kappa shape index (κ2) is 16.6. The molecule has 0 aliphatic rings. The van der Waals surface area contributed by atoms with Crippen LogP contribution in [0.25, 0.3) is 0 Å². The van der Waals surface area contributed by atoms with Crippen molar-refractivity contribution in [2.75, 3.05) is 25.6 Å². The summed E-state index contributed by atoms with van der Waals surface area (Å²) in [7, 11) is -3.70. The summed E-state index contributed by atoms with van der Waals surface area (Å²) in [5, 5.41) is 0. The second-order valence-corrected chi connectivity index (χ2v) is 18.5. The van der Waals surface area contributed by atoms with Crippen LogP contribution in [-0.4, -0.2) is 41.6 Å². The van der Waals surface area contributed by atoms with E-state index in [1.54, 1.807) is 0 Å². The molecule has 0 aromatic rings. The van der Waals surface area contributed by atoms with E-state index < -0.39 is 16.0 Å². The molecule has 0 aliphatic heterocycles. The summed E-state index contributed by atoms with van der Waals surface area (Å²) >= 11 is 2.25. The molecule has 0 amide bonds. The van der Waals surface area contributed by atoms with Crippen molar-refractivity contribution in [3.63, 3.8) is 0 Å². The molecule has 3 nitrogen and oxygen atoms in total. The van der Waals surface area contributed by atoms with Crippen LogP contribution in [0.5, 0.6) is 0 Å². The average molecular weight is 423 g/mol. The predicted octanol–water partition coefficient (Wildman–Crippen LogP) is 7.11. The van der Waals surface area contributed by atoms with Crippen molar-refractivity contribution < 1.29 is 13.3 Å². The van der Waals surface area contributed by atoms with Crippen LogP contribution < -0.4 is 0 Å². The Balaban J connectivity index is 4.95. The zero-order valence-electron chi connectivity index (χ0n) is 18.5. The summed E-state index contributed by atoms with van der Waals surface area (Å²) in [6, 6.07) is 5.07. The van der Waals surface area contributed by atoms with Gasteiger partial charge < -0.3 is 13.3 Å². The average Bonchev–Trinajstić information content (AvgIpc) is 2.66. The van der Waals surface area contributed by atoms with Crippen molar-refractivity contribution in [3.8, 4) is 0 Å². The predicted molar refractivity (Wildman–Crippen MR) is 123 cm³/mol. The number of unbranched alkanes of at least 4 members (excludes halogenated alkanes) is 3. The van der Waals surface area contributed by atoms with Gasteiger partial charge in [-0.15, -0.1) is 0 Å². The van der Waals surface area contributed by atoms with E-state index in [0.29, 0.717) is 0 Å². The van der Waals surface area contributed by atoms with Crippen LogP contribution in [0.3, 0.4) is 0 Å². The summed E-state index contributed by atoms with van der Waals surface area (Å²) in [5.74, 6) is 1.14. The highest BCUT2D eigenvalue weighted by Crippen LogP contribution is 2.34. The molecule has 0 aromatic carbocycles. The topological polar surface area (TPSA) is 27.7 Å². The van der Waals surface area contributed by atoms with Crippen LogP contribution in [0.1, 0.15) is 80.1 Å². The van der Waals surface area contributed by atoms with Gasteiger partial charge in [0.05, 0.1) is 0 Å². The van der Waals surface area contributed by atoms with Crippen molar-refractivity contribution in [3.05, 3.63) is 0 Å². The van der Waals surface area contributed by atoms with Crippen LogP contribution in [0.15, 0.2) is 0 Å². The fraction of sp³-hybridized carbons (Fsp3) is 1.00. The summed E-state index contributed by atoms with van der Waals surface area (Å²) in [6.45, 7) is 16.1. The van der Waals surface area contributed by atoms with Crippen molar-refractivity contribution in [1.82, 2.24) is 0 Å². The van der Waals surface area contributed by atoms with Crippen LogP contribution in [0, 0.1) is 0 Å². The lowest BCUT2D eigenvalue weighted by Crippen LogP contribution is -2.47. The molecule has 0 radical (unpaired) electrons. The molecule has 0 aliphatic carbocycles. The van der Waals surface area contributed by atoms with E-state index in [2.05, 4.69) is 52.8 Å². The Labute approximate surface area is 170 Å². The molecule has 0 aromatic heterocycles. The third-order valence-corrected chi connectivity index (χ3v) is 18.3. The summed E-state index contributed by atoms with van der Waals surface area (Å²) in [6.07, 6.45) is 6.73. The smallest absolute Gasteiger partial charge is 0.373 e. The van der Waals surface area contributed by atoms with Gasteiger partial charge in [0.1, 0.15) is 7.22 Å². The van der Waals surface area contributed by atoms with Crippen molar-refractivity contribution in [2.24, 2.45) is 0 Å². The first-order valence-corrected chi connectivity index (χ1v) is 17.4. The van der Waals surface area contributed by atoms with E-state index in [1.807, 2.05) is 0 Å². The maximum atomic E-state index is 6.38. The minimum atomic E-state index is -2.54. The van der Waals surface area contributed by atoms with Gasteiger partial charge in [-0.25, -0.2) is 0 Å². The molecule has 0 N–H and O–H groups in total. The third-order valence-electron chi connectivity index (χ3n) is 5.21. The highest BCUT2D eigenvalue weighted by atomic mass is 32.4. The van der Waals surface area contributed by atoms with Crippen molar-refractivity contribution in [2.45, 2.75) is 104 Å². The van der Waals surface area contributed by atoms with Gasteiger partial charge in [-0.05, 0) is 25.0 Å². The fourth-order valence-electron chi connectivity index (χ4n) is 2.91. The van der Waals surface area contributed by atoms with Gasteiger partial charge in [0, 0.05) is 25.9 Å². The quantitative estimate of drug-likeness (QED) is 0.164. The van der Waals surface area contributed by atoms with Crippen molar-refractivity contribution in [1.29, 1.82) is 0 Å². The molecule has 0 saturated carbocycles. The van der Waals surface area contributed by atoms with Crippen LogP contribution in [-0.2, 0) is 13.3 Å². The molecular formula is C20H46O3SSi2. The molecule has 0 spiro atoms. The minimum absolute atomic E-state index is 0.781. The molecule has 158 valence electrons. The van der Waals surface area contributed by atoms with E-state index in [-0.39, 0.29) is 0 Å². The standard InChI is InChI=1S/C20H46O3SSi2/c1-7-13-16-21-26(22-17-14-8-2,23-18-15-9-3)20-19-24-25(10-4,11-5)12-6/h7-20H2,1-6H3. The zero-order valence-corrected chi connectivity index (χ0v) is 21.3. The summed E-state index contributed by atoms with van der Waals surface area (Å²) in [4.78, 5) is 0. The maximum absolute atomic E-state index is 6.38. The first-order chi connectivity index (χ1) is 12.6. The number of rotatable bonds is 19. The van der Waals surface area contributed by atoms with Gasteiger partial charge in [-0.2, -0.15) is 11.2 Å². The van der Waals surface area contributed by atoms with E-state index in [9.17, 15) is 0 Å². The fourth-order valence-corrected chi connectivity index (χ4v) is 13.0. The Bertz CT molecular complexity index is 281. The Morgan fingerprint density at radius 2 is 1.00 bits per heavy atom. The zero-order chi connectivity index (χ0) is 19.7. The molecule has 0 rings (SSSR count). The van der Waals surface area contributed by atoms with Crippen LogP contribution in [0.2, 0.25) is 24.2 Å². The summed E-state index contributed by atoms with van der Waals surface area (Å²) < 4.78 is 19.1. The Hall–Kier alpha value is 0.664. The van der Waals surface area contributed by atoms with Gasteiger partial charge in [0.15, 0.2) is 0 Å². The van der Waals surface area contributed by atoms with Gasteiger partial charge in [-0.1, -0.05) is 78.9 Å². The molecule has 6 heteroatoms. The minimum Gasteiger partial charge on any atom is -0.373 e. The molecular weight excluding hydrogens is 376 g/mol. The molecule has 0 atom stereocenters. The third kappa shape index (κ3) is 10.9. The Morgan fingerprint density at radius 1 is 0.615 bits per heavy atom. The number of hydrogen-bond acceptors (Lipinski definition) is 4. The van der Waals surface area contributed by atoms with E-state index in [4.69, 9.17) is 13.3 Å². The maximum Gasteiger partial charge on any atom is 0.501 e. The highest BCUT2D eigenvalue weighted by Gasteiger charge is 2.41. The van der Waals surface area contributed by atoms with Gasteiger partial charge in [0.25, 0.3) is 0 Å². The van der Waals surface area contributed by atoms with Crippen LogP contribution in [0.4, 0.5) is 0 Å². The lowest BCUT2D eigenvalue weighted by molar-refractivity contribution is 0.0577. The van der Waals surface area contributed by atoms with Gasteiger partial charge in [-0.3, -0.25) is 0 Å². The van der Waals surface area contributed by atoms with E-state index in [1.165, 1.54) is 18.1 Å². The monoisotopic (exact) mass is 422 g/mol. The lowest BCUT2D eigenvalue weighted by Gasteiger charge is -2.32. The Morgan fingerprint density at radius 3 is 1.31 bits per heavy atom. The molecule has 0 fully saturated rings. The summed E-state index contributed by atoms with van der Waals surface area (Å²) in [5.41, 5.74) is 0. The second-order valence-electron chi connectivity index (χ2n) is 7.13. The van der Waals surface area contributed by atoms with E-state index in [0.717, 1.165) is 70.1 Å². The SMILES string of the molecule is CCCCO[Si](CCS[Si](CC)(CC)CC)(OCCCC)OCCCC. The molecule has 0 saturated heterocycles. The van der Waals surface area contributed by atoms with Gasteiger partial charge in [0.2, 0.25) is 0 Å². The lowest BCUT2D eigenvalue weighted by atomic mass is 10.4. The molecule has 0 bridgehead atoms. The first kappa shape index (κ1) is 26.7. The number of hydrogen-bond donors (Lipinski definition) is 0. The van der Waals surface area contributed by atoms with Crippen molar-refractivity contribution >= 4 is 27.2 Å². The first-order valence-electron chi connectivity index (χ1n) is 11.1. The Kier molecular flexibility index (Phi) is 17.0. The van der Waals surface area contributed by atoms with Crippen LogP contribution >= 0.6 is 11.2 Å². The van der Waals surface area contributed by atoms with Gasteiger partial charge >= 0.3 is 8.80 Å². The molecule has 26 heavy (non-hydrogen) atoms. The highest BCUT2D eigenvalue weighted by molar-refractivity contribution is 8.29. The molecule has 0 unspecified atom stereocenters. The normalized spacial score (nSPS) is 12.7.